The van der Waals surface area contributed by atoms with Crippen LogP contribution < -0.4 is 4.74 Å². The van der Waals surface area contributed by atoms with Crippen LogP contribution in [-0.2, 0) is 9.53 Å². The van der Waals surface area contributed by atoms with Crippen LogP contribution in [0.2, 0.25) is 5.02 Å². The van der Waals surface area contributed by atoms with Crippen LogP contribution in [0.5, 0.6) is 5.75 Å². The maximum absolute atomic E-state index is 11.1. The van der Waals surface area contributed by atoms with Crippen LogP contribution in [-0.4, -0.2) is 24.7 Å². The van der Waals surface area contributed by atoms with E-state index < -0.39 is 0 Å². The molecule has 0 spiro atoms. The number of hydrogen-bond acceptors (Lipinski definition) is 4. The van der Waals surface area contributed by atoms with Crippen LogP contribution in [0.15, 0.2) is 12.3 Å². The third-order valence-electron chi connectivity index (χ3n) is 2.32. The normalized spacial score (nSPS) is 18.1. The first-order chi connectivity index (χ1) is 7.20. The third-order valence-corrected chi connectivity index (χ3v) is 2.52. The fourth-order valence-corrected chi connectivity index (χ4v) is 1.71. The lowest BCUT2D eigenvalue weighted by molar-refractivity contribution is -0.141. The van der Waals surface area contributed by atoms with Crippen LogP contribution >= 0.6 is 11.6 Å². The Morgan fingerprint density at radius 2 is 2.60 bits per heavy atom. The molecule has 0 unspecified atom stereocenters. The van der Waals surface area contributed by atoms with Gasteiger partial charge in [-0.1, -0.05) is 11.6 Å². The zero-order valence-corrected chi connectivity index (χ0v) is 8.95. The van der Waals surface area contributed by atoms with E-state index in [2.05, 4.69) is 9.72 Å². The second kappa shape index (κ2) is 4.06. The highest BCUT2D eigenvalue weighted by molar-refractivity contribution is 6.30. The maximum atomic E-state index is 11.1. The van der Waals surface area contributed by atoms with Gasteiger partial charge in [-0.15, -0.1) is 0 Å². The summed E-state index contributed by atoms with van der Waals surface area (Å²) in [6.07, 6.45) is 1.84. The predicted octanol–water partition coefficient (Wildman–Crippen LogP) is 1.77. The van der Waals surface area contributed by atoms with Crippen molar-refractivity contribution in [3.8, 4) is 5.75 Å². The highest BCUT2D eigenvalue weighted by Crippen LogP contribution is 2.35. The number of esters is 1. The summed E-state index contributed by atoms with van der Waals surface area (Å²) in [6.45, 7) is 0.456. The number of ether oxygens (including phenoxy) is 2. The van der Waals surface area contributed by atoms with Crippen LogP contribution in [0.1, 0.15) is 18.0 Å². The Balaban J connectivity index is 2.18. The van der Waals surface area contributed by atoms with Crippen molar-refractivity contribution in [2.75, 3.05) is 13.7 Å². The summed E-state index contributed by atoms with van der Waals surface area (Å²) in [7, 11) is 1.37. The third kappa shape index (κ3) is 2.04. The fourth-order valence-electron chi connectivity index (χ4n) is 1.56. The SMILES string of the molecule is COC(=O)C[C@H]1COc2cc(Cl)cnc21. The number of rotatable bonds is 2. The first-order valence-corrected chi connectivity index (χ1v) is 4.93. The van der Waals surface area contributed by atoms with Gasteiger partial charge >= 0.3 is 5.97 Å². The van der Waals surface area contributed by atoms with Gasteiger partial charge < -0.3 is 9.47 Å². The van der Waals surface area contributed by atoms with Crippen molar-refractivity contribution >= 4 is 17.6 Å². The molecule has 0 saturated carbocycles. The Hall–Kier alpha value is -1.29. The van der Waals surface area contributed by atoms with E-state index >= 15 is 0 Å². The summed E-state index contributed by atoms with van der Waals surface area (Å²) < 4.78 is 9.99. The summed E-state index contributed by atoms with van der Waals surface area (Å²) >= 11 is 5.77. The Kier molecular flexibility index (Phi) is 2.77. The molecular formula is C10H10ClNO3. The van der Waals surface area contributed by atoms with Crippen molar-refractivity contribution in [2.24, 2.45) is 0 Å². The molecule has 1 atom stereocenters. The van der Waals surface area contributed by atoms with Crippen molar-refractivity contribution < 1.29 is 14.3 Å². The van der Waals surface area contributed by atoms with Crippen molar-refractivity contribution in [1.29, 1.82) is 0 Å². The number of hydrogen-bond donors (Lipinski definition) is 0. The monoisotopic (exact) mass is 227 g/mol. The summed E-state index contributed by atoms with van der Waals surface area (Å²) in [5, 5.41) is 0.535. The van der Waals surface area contributed by atoms with Crippen LogP contribution in [0.25, 0.3) is 0 Å². The number of aromatic nitrogens is 1. The summed E-state index contributed by atoms with van der Waals surface area (Å²) in [4.78, 5) is 15.3. The van der Waals surface area contributed by atoms with E-state index in [1.54, 1.807) is 12.3 Å². The number of halogens is 1. The molecule has 0 radical (unpaired) electrons. The molecule has 0 N–H and O–H groups in total. The highest BCUT2D eigenvalue weighted by atomic mass is 35.5. The Labute approximate surface area is 92.2 Å². The van der Waals surface area contributed by atoms with E-state index in [1.165, 1.54) is 7.11 Å². The van der Waals surface area contributed by atoms with Crippen molar-refractivity contribution in [1.82, 2.24) is 4.98 Å². The van der Waals surface area contributed by atoms with Crippen molar-refractivity contribution in [3.63, 3.8) is 0 Å². The number of carbonyl (C=O) groups is 1. The lowest BCUT2D eigenvalue weighted by atomic mass is 10.0. The minimum atomic E-state index is -0.256. The molecule has 0 aromatic carbocycles. The van der Waals surface area contributed by atoms with Gasteiger partial charge in [0.2, 0.25) is 0 Å². The van der Waals surface area contributed by atoms with Gasteiger partial charge in [-0.05, 0) is 0 Å². The smallest absolute Gasteiger partial charge is 0.306 e. The van der Waals surface area contributed by atoms with Crippen molar-refractivity contribution in [3.05, 3.63) is 23.0 Å². The molecule has 0 saturated heterocycles. The summed E-state index contributed by atoms with van der Waals surface area (Å²) in [5.41, 5.74) is 0.782. The molecule has 1 aromatic rings. The summed E-state index contributed by atoms with van der Waals surface area (Å²) in [5.74, 6) is 0.384. The molecule has 5 heteroatoms. The molecule has 1 aliphatic heterocycles. The fraction of sp³-hybridized carbons (Fsp3) is 0.400. The molecule has 1 aromatic heterocycles. The van der Waals surface area contributed by atoms with E-state index in [4.69, 9.17) is 16.3 Å². The largest absolute Gasteiger partial charge is 0.491 e. The average Bonchev–Trinajstić information content (AvgIpc) is 2.60. The maximum Gasteiger partial charge on any atom is 0.306 e. The highest BCUT2D eigenvalue weighted by Gasteiger charge is 2.28. The second-order valence-electron chi connectivity index (χ2n) is 3.33. The number of nitrogens with zero attached hydrogens (tertiary/aromatic N) is 1. The molecule has 15 heavy (non-hydrogen) atoms. The van der Waals surface area contributed by atoms with Gasteiger partial charge in [0.25, 0.3) is 0 Å². The first-order valence-electron chi connectivity index (χ1n) is 4.55. The molecule has 1 aliphatic rings. The number of methoxy groups -OCH3 is 1. The molecule has 4 nitrogen and oxygen atoms in total. The quantitative estimate of drug-likeness (QED) is 0.723. The predicted molar refractivity (Wildman–Crippen MR) is 54.1 cm³/mol. The Morgan fingerprint density at radius 1 is 1.80 bits per heavy atom. The average molecular weight is 228 g/mol. The van der Waals surface area contributed by atoms with Crippen molar-refractivity contribution in [2.45, 2.75) is 12.3 Å². The minimum Gasteiger partial charge on any atom is -0.491 e. The molecule has 0 bridgehead atoms. The second-order valence-corrected chi connectivity index (χ2v) is 3.76. The van der Waals surface area contributed by atoms with Gasteiger partial charge in [0.15, 0.2) is 0 Å². The Bertz CT molecular complexity index is 394. The van der Waals surface area contributed by atoms with E-state index in [1.807, 2.05) is 0 Å². The van der Waals surface area contributed by atoms with Gasteiger partial charge in [-0.2, -0.15) is 0 Å². The van der Waals surface area contributed by atoms with E-state index in [0.717, 1.165) is 5.69 Å². The topological polar surface area (TPSA) is 48.4 Å². The van der Waals surface area contributed by atoms with E-state index in [9.17, 15) is 4.79 Å². The zero-order valence-electron chi connectivity index (χ0n) is 8.20. The Morgan fingerprint density at radius 3 is 3.33 bits per heavy atom. The van der Waals surface area contributed by atoms with Crippen LogP contribution in [0.4, 0.5) is 0 Å². The molecule has 0 fully saturated rings. The van der Waals surface area contributed by atoms with Crippen LogP contribution in [0.3, 0.4) is 0 Å². The summed E-state index contributed by atoms with van der Waals surface area (Å²) in [6, 6.07) is 1.71. The van der Waals surface area contributed by atoms with Gasteiger partial charge in [-0.3, -0.25) is 9.78 Å². The van der Waals surface area contributed by atoms with E-state index in [-0.39, 0.29) is 18.3 Å². The number of pyridine rings is 1. The molecular weight excluding hydrogens is 218 g/mol. The van der Waals surface area contributed by atoms with Gasteiger partial charge in [0.05, 0.1) is 30.9 Å². The van der Waals surface area contributed by atoms with Gasteiger partial charge in [0, 0.05) is 18.2 Å². The minimum absolute atomic E-state index is 0.0234. The molecule has 80 valence electrons. The molecule has 2 rings (SSSR count). The molecule has 2 heterocycles. The number of fused-ring (bicyclic) bond motifs is 1. The molecule has 0 amide bonds. The lowest BCUT2D eigenvalue weighted by Crippen LogP contribution is -2.10. The van der Waals surface area contributed by atoms with E-state index in [0.29, 0.717) is 17.4 Å². The van der Waals surface area contributed by atoms with Gasteiger partial charge in [-0.25, -0.2) is 0 Å². The van der Waals surface area contributed by atoms with Crippen LogP contribution in [0, 0.1) is 0 Å². The number of carbonyl (C=O) groups excluding carboxylic acids is 1. The standard InChI is InChI=1S/C10H10ClNO3/c1-14-9(13)2-6-5-15-8-3-7(11)4-12-10(6)8/h3-4,6H,2,5H2,1H3/t6-/m0/s1. The zero-order chi connectivity index (χ0) is 10.8. The first kappa shape index (κ1) is 10.2. The lowest BCUT2D eigenvalue weighted by Gasteiger charge is -2.05. The van der Waals surface area contributed by atoms with Gasteiger partial charge in [0.1, 0.15) is 5.75 Å². The molecule has 0 aliphatic carbocycles.